The van der Waals surface area contributed by atoms with Crippen molar-refractivity contribution in [1.82, 2.24) is 4.90 Å². The van der Waals surface area contributed by atoms with Crippen LogP contribution in [0.5, 0.6) is 0 Å². The summed E-state index contributed by atoms with van der Waals surface area (Å²) in [6.07, 6.45) is -1.12. The van der Waals surface area contributed by atoms with E-state index in [2.05, 4.69) is 0 Å². The number of hydrogen-bond acceptors (Lipinski definition) is 5. The summed E-state index contributed by atoms with van der Waals surface area (Å²) in [6.45, 7) is 7.28. The number of rotatable bonds is 2. The minimum Gasteiger partial charge on any atom is -0.464 e. The first kappa shape index (κ1) is 17.7. The van der Waals surface area contributed by atoms with E-state index in [1.165, 1.54) is 4.90 Å². The Kier molecular flexibility index (Phi) is 6.29. The van der Waals surface area contributed by atoms with Gasteiger partial charge in [-0.1, -0.05) is 7.43 Å². The topological polar surface area (TPSA) is 76.1 Å². The Morgan fingerprint density at radius 1 is 1.37 bits per heavy atom. The lowest BCUT2D eigenvalue weighted by Crippen LogP contribution is -2.44. The molecule has 112 valence electrons. The molecule has 0 aromatic carbocycles. The molecule has 0 saturated carbocycles. The summed E-state index contributed by atoms with van der Waals surface area (Å²) in [7, 11) is 0. The van der Waals surface area contributed by atoms with Crippen molar-refractivity contribution in [3.8, 4) is 0 Å². The molecule has 1 amide bonds. The van der Waals surface area contributed by atoms with Gasteiger partial charge < -0.3 is 14.6 Å². The zero-order valence-electron chi connectivity index (χ0n) is 11.3. The molecule has 1 fully saturated rings. The molecule has 1 saturated heterocycles. The Labute approximate surface area is 114 Å². The van der Waals surface area contributed by atoms with Crippen LogP contribution in [-0.2, 0) is 14.3 Å². The number of amides is 1. The predicted molar refractivity (Wildman–Crippen MR) is 70.7 cm³/mol. The normalized spacial score (nSPS) is 22.7. The number of carbonyl (C=O) groups is 2. The lowest BCUT2D eigenvalue weighted by Gasteiger charge is -2.27. The van der Waals surface area contributed by atoms with Crippen LogP contribution < -0.4 is 0 Å². The molecule has 19 heavy (non-hydrogen) atoms. The van der Waals surface area contributed by atoms with Crippen LogP contribution in [-0.4, -0.2) is 53.0 Å². The number of aliphatic hydroxyl groups is 1. The van der Waals surface area contributed by atoms with E-state index in [1.807, 2.05) is 0 Å². The van der Waals surface area contributed by atoms with Crippen LogP contribution in [0.4, 0.5) is 4.79 Å². The van der Waals surface area contributed by atoms with Crippen LogP contribution in [0, 0.1) is 0 Å². The molecule has 6 heteroatoms. The number of carbonyl (C=O) groups excluding carboxylic acids is 2. The standard InChI is InChI=1S/C12H21NO5.CH4/c1-5-17-10(15)9-6-8(14)7-13(9)11(16)18-12(2,3)4;/h8-9,14H,5-7H2,1-4H3;1H4/t8-,9+;/m1./s1. The van der Waals surface area contributed by atoms with E-state index in [0.29, 0.717) is 0 Å². The van der Waals surface area contributed by atoms with Gasteiger partial charge in [-0.05, 0) is 27.7 Å². The number of ether oxygens (including phenoxy) is 2. The van der Waals surface area contributed by atoms with Gasteiger partial charge in [-0.3, -0.25) is 4.90 Å². The van der Waals surface area contributed by atoms with Crippen LogP contribution in [0.1, 0.15) is 41.5 Å². The second-order valence-corrected chi connectivity index (χ2v) is 5.29. The van der Waals surface area contributed by atoms with Crippen molar-refractivity contribution in [2.45, 2.75) is 59.3 Å². The fourth-order valence-corrected chi connectivity index (χ4v) is 1.80. The average Bonchev–Trinajstić information content (AvgIpc) is 2.58. The van der Waals surface area contributed by atoms with Crippen LogP contribution in [0.3, 0.4) is 0 Å². The molecule has 1 aliphatic rings. The zero-order chi connectivity index (χ0) is 13.9. The number of nitrogens with zero attached hydrogens (tertiary/aromatic N) is 1. The third kappa shape index (κ3) is 5.06. The summed E-state index contributed by atoms with van der Waals surface area (Å²) in [4.78, 5) is 24.8. The van der Waals surface area contributed by atoms with Crippen molar-refractivity contribution in [3.05, 3.63) is 0 Å². The molecular weight excluding hydrogens is 250 g/mol. The predicted octanol–water partition coefficient (Wildman–Crippen LogP) is 1.56. The third-order valence-corrected chi connectivity index (χ3v) is 2.47. The number of likely N-dealkylation sites (tertiary alicyclic amines) is 1. The fourth-order valence-electron chi connectivity index (χ4n) is 1.80. The van der Waals surface area contributed by atoms with Gasteiger partial charge in [-0.25, -0.2) is 9.59 Å². The monoisotopic (exact) mass is 275 g/mol. The van der Waals surface area contributed by atoms with Crippen molar-refractivity contribution in [3.63, 3.8) is 0 Å². The molecule has 2 atom stereocenters. The Hall–Kier alpha value is -1.30. The quantitative estimate of drug-likeness (QED) is 0.774. The Morgan fingerprint density at radius 3 is 2.42 bits per heavy atom. The van der Waals surface area contributed by atoms with Gasteiger partial charge >= 0.3 is 12.1 Å². The van der Waals surface area contributed by atoms with Crippen LogP contribution in [0.2, 0.25) is 0 Å². The molecule has 0 aromatic rings. The van der Waals surface area contributed by atoms with Crippen molar-refractivity contribution in [2.75, 3.05) is 13.2 Å². The highest BCUT2D eigenvalue weighted by atomic mass is 16.6. The third-order valence-electron chi connectivity index (χ3n) is 2.47. The van der Waals surface area contributed by atoms with Crippen molar-refractivity contribution in [2.24, 2.45) is 0 Å². The van der Waals surface area contributed by atoms with Crippen LogP contribution in [0.15, 0.2) is 0 Å². The summed E-state index contributed by atoms with van der Waals surface area (Å²) in [5.74, 6) is -0.500. The highest BCUT2D eigenvalue weighted by Gasteiger charge is 2.41. The van der Waals surface area contributed by atoms with Gasteiger partial charge in [0.2, 0.25) is 0 Å². The second kappa shape index (κ2) is 6.75. The van der Waals surface area contributed by atoms with Crippen LogP contribution in [0.25, 0.3) is 0 Å². The molecule has 0 spiro atoms. The summed E-state index contributed by atoms with van der Waals surface area (Å²) in [6, 6.07) is -0.755. The molecule has 0 radical (unpaired) electrons. The highest BCUT2D eigenvalue weighted by molar-refractivity contribution is 5.82. The smallest absolute Gasteiger partial charge is 0.411 e. The van der Waals surface area contributed by atoms with E-state index in [1.54, 1.807) is 27.7 Å². The van der Waals surface area contributed by atoms with E-state index in [9.17, 15) is 14.7 Å². The lowest BCUT2D eigenvalue weighted by atomic mass is 10.2. The van der Waals surface area contributed by atoms with E-state index in [-0.39, 0.29) is 27.0 Å². The molecule has 0 unspecified atom stereocenters. The van der Waals surface area contributed by atoms with Gasteiger partial charge in [0.25, 0.3) is 0 Å². The Morgan fingerprint density at radius 2 is 1.95 bits per heavy atom. The molecule has 0 aromatic heterocycles. The van der Waals surface area contributed by atoms with Gasteiger partial charge in [0.1, 0.15) is 11.6 Å². The Bertz CT molecular complexity index is 323. The fraction of sp³-hybridized carbons (Fsp3) is 0.846. The van der Waals surface area contributed by atoms with E-state index in [4.69, 9.17) is 9.47 Å². The molecule has 1 N–H and O–H groups in total. The highest BCUT2D eigenvalue weighted by Crippen LogP contribution is 2.22. The number of esters is 1. The van der Waals surface area contributed by atoms with Crippen LogP contribution >= 0.6 is 0 Å². The number of hydrogen-bond donors (Lipinski definition) is 1. The summed E-state index contributed by atoms with van der Waals surface area (Å²) in [5.41, 5.74) is -0.635. The Balaban J connectivity index is 0.00000324. The summed E-state index contributed by atoms with van der Waals surface area (Å²) < 4.78 is 10.1. The summed E-state index contributed by atoms with van der Waals surface area (Å²) in [5, 5.41) is 9.58. The van der Waals surface area contributed by atoms with Gasteiger partial charge in [0, 0.05) is 6.42 Å². The molecule has 6 nitrogen and oxygen atoms in total. The maximum absolute atomic E-state index is 11.9. The van der Waals surface area contributed by atoms with Crippen molar-refractivity contribution >= 4 is 12.1 Å². The van der Waals surface area contributed by atoms with Crippen molar-refractivity contribution < 1.29 is 24.2 Å². The number of β-amino-alcohol motifs (C(OH)–C–C–N with tert-alkyl or cyclic N) is 1. The molecule has 1 aliphatic heterocycles. The maximum atomic E-state index is 11.9. The SMILES string of the molecule is C.CCOC(=O)[C@@H]1C[C@@H](O)CN1C(=O)OC(C)(C)C. The molecular formula is C13H25NO5. The first-order valence-corrected chi connectivity index (χ1v) is 6.09. The molecule has 1 heterocycles. The minimum absolute atomic E-state index is 0. The van der Waals surface area contributed by atoms with Gasteiger partial charge in [0.05, 0.1) is 19.3 Å². The minimum atomic E-state index is -0.755. The first-order chi connectivity index (χ1) is 8.24. The van der Waals surface area contributed by atoms with Gasteiger partial charge in [-0.15, -0.1) is 0 Å². The molecule has 0 aliphatic carbocycles. The summed E-state index contributed by atoms with van der Waals surface area (Å²) >= 11 is 0. The van der Waals surface area contributed by atoms with Gasteiger partial charge in [-0.2, -0.15) is 0 Å². The largest absolute Gasteiger partial charge is 0.464 e. The van der Waals surface area contributed by atoms with Crippen molar-refractivity contribution in [1.29, 1.82) is 0 Å². The van der Waals surface area contributed by atoms with E-state index in [0.717, 1.165) is 0 Å². The molecule has 1 rings (SSSR count). The molecule has 0 bridgehead atoms. The van der Waals surface area contributed by atoms with Gasteiger partial charge in [0.15, 0.2) is 0 Å². The first-order valence-electron chi connectivity index (χ1n) is 6.09. The zero-order valence-corrected chi connectivity index (χ0v) is 11.3. The average molecular weight is 275 g/mol. The maximum Gasteiger partial charge on any atom is 0.411 e. The van der Waals surface area contributed by atoms with E-state index < -0.39 is 29.8 Å². The number of aliphatic hydroxyl groups excluding tert-OH is 1. The van der Waals surface area contributed by atoms with E-state index >= 15 is 0 Å². The lowest BCUT2D eigenvalue weighted by molar-refractivity contribution is -0.148. The second-order valence-electron chi connectivity index (χ2n) is 5.29.